The Morgan fingerprint density at radius 2 is 2.19 bits per heavy atom. The predicted octanol–water partition coefficient (Wildman–Crippen LogP) is 1.46. The van der Waals surface area contributed by atoms with E-state index in [2.05, 4.69) is 5.10 Å². The van der Waals surface area contributed by atoms with Crippen LogP contribution in [0.25, 0.3) is 0 Å². The average Bonchev–Trinajstić information content (AvgIpc) is 2.55. The van der Waals surface area contributed by atoms with Crippen molar-refractivity contribution in [3.8, 4) is 0 Å². The van der Waals surface area contributed by atoms with E-state index in [9.17, 15) is 0 Å². The van der Waals surface area contributed by atoms with E-state index in [1.165, 1.54) is 10.6 Å². The minimum atomic E-state index is 0.575. The maximum absolute atomic E-state index is 5.78. The van der Waals surface area contributed by atoms with Crippen molar-refractivity contribution >= 4 is 11.8 Å². The fraction of sp³-hybridized carbons (Fsp3) is 0.727. The lowest BCUT2D eigenvalue weighted by Gasteiger charge is -2.21. The Labute approximate surface area is 101 Å². The third-order valence-corrected chi connectivity index (χ3v) is 4.48. The number of rotatable bonds is 3. The highest BCUT2D eigenvalue weighted by Gasteiger charge is 2.20. The highest BCUT2D eigenvalue weighted by Crippen LogP contribution is 2.32. The SMILES string of the molecule is Cc1nn(C)c(SC2CCOCC2)c1CN. The van der Waals surface area contributed by atoms with Crippen LogP contribution in [0.3, 0.4) is 0 Å². The first kappa shape index (κ1) is 12.0. The van der Waals surface area contributed by atoms with E-state index < -0.39 is 0 Å². The second-order valence-electron chi connectivity index (χ2n) is 4.13. The van der Waals surface area contributed by atoms with Crippen molar-refractivity contribution in [2.45, 2.75) is 36.6 Å². The molecule has 0 saturated carbocycles. The molecule has 0 spiro atoms. The van der Waals surface area contributed by atoms with Crippen LogP contribution in [0.5, 0.6) is 0 Å². The number of hydrogen-bond acceptors (Lipinski definition) is 4. The number of aryl methyl sites for hydroxylation is 2. The molecule has 0 aliphatic carbocycles. The van der Waals surface area contributed by atoms with Gasteiger partial charge in [-0.2, -0.15) is 5.10 Å². The van der Waals surface area contributed by atoms with E-state index in [4.69, 9.17) is 10.5 Å². The molecule has 1 aromatic heterocycles. The van der Waals surface area contributed by atoms with E-state index >= 15 is 0 Å². The summed E-state index contributed by atoms with van der Waals surface area (Å²) in [5, 5.41) is 6.31. The minimum Gasteiger partial charge on any atom is -0.381 e. The Morgan fingerprint density at radius 3 is 2.81 bits per heavy atom. The Morgan fingerprint density at radius 1 is 1.50 bits per heavy atom. The molecule has 1 fully saturated rings. The zero-order valence-electron chi connectivity index (χ0n) is 9.90. The standard InChI is InChI=1S/C11H19N3OS/c1-8-10(7-12)11(14(2)13-8)16-9-3-5-15-6-4-9/h9H,3-7,12H2,1-2H3. The lowest BCUT2D eigenvalue weighted by molar-refractivity contribution is 0.1000. The summed E-state index contributed by atoms with van der Waals surface area (Å²) in [5.41, 5.74) is 8.03. The van der Waals surface area contributed by atoms with Gasteiger partial charge in [-0.1, -0.05) is 0 Å². The molecular weight excluding hydrogens is 222 g/mol. The average molecular weight is 241 g/mol. The third-order valence-electron chi connectivity index (χ3n) is 2.94. The van der Waals surface area contributed by atoms with Gasteiger partial charge in [0.05, 0.1) is 10.7 Å². The summed E-state index contributed by atoms with van der Waals surface area (Å²) in [6.45, 7) is 4.36. The zero-order valence-corrected chi connectivity index (χ0v) is 10.7. The highest BCUT2D eigenvalue weighted by atomic mass is 32.2. The van der Waals surface area contributed by atoms with Crippen LogP contribution < -0.4 is 5.73 Å². The quantitative estimate of drug-likeness (QED) is 0.870. The monoisotopic (exact) mass is 241 g/mol. The van der Waals surface area contributed by atoms with Gasteiger partial charge in [-0.15, -0.1) is 11.8 Å². The molecule has 1 saturated heterocycles. The smallest absolute Gasteiger partial charge is 0.0987 e. The molecule has 5 heteroatoms. The van der Waals surface area contributed by atoms with Gasteiger partial charge in [0.25, 0.3) is 0 Å². The Bertz CT molecular complexity index is 358. The molecule has 2 N–H and O–H groups in total. The van der Waals surface area contributed by atoms with E-state index in [1.54, 1.807) is 0 Å². The van der Waals surface area contributed by atoms with Crippen LogP contribution in [0.2, 0.25) is 0 Å². The van der Waals surface area contributed by atoms with Gasteiger partial charge < -0.3 is 10.5 Å². The number of thioether (sulfide) groups is 1. The topological polar surface area (TPSA) is 53.1 Å². The summed E-state index contributed by atoms with van der Waals surface area (Å²) in [7, 11) is 1.99. The molecule has 1 aliphatic rings. The molecule has 1 aromatic rings. The molecule has 0 aromatic carbocycles. The highest BCUT2D eigenvalue weighted by molar-refractivity contribution is 7.99. The first-order chi connectivity index (χ1) is 7.72. The van der Waals surface area contributed by atoms with E-state index in [-0.39, 0.29) is 0 Å². The molecule has 0 radical (unpaired) electrons. The Kier molecular flexibility index (Phi) is 3.89. The minimum absolute atomic E-state index is 0.575. The van der Waals surface area contributed by atoms with Gasteiger partial charge in [0.15, 0.2) is 0 Å². The molecule has 90 valence electrons. The maximum atomic E-state index is 5.78. The van der Waals surface area contributed by atoms with Crippen molar-refractivity contribution in [1.82, 2.24) is 9.78 Å². The Balaban J connectivity index is 2.13. The van der Waals surface area contributed by atoms with Gasteiger partial charge in [0, 0.05) is 37.6 Å². The summed E-state index contributed by atoms with van der Waals surface area (Å²) in [5.74, 6) is 0. The molecule has 0 bridgehead atoms. The van der Waals surface area contributed by atoms with Crippen LogP contribution in [0.4, 0.5) is 0 Å². The van der Waals surface area contributed by atoms with E-state index in [0.29, 0.717) is 11.8 Å². The molecule has 1 aliphatic heterocycles. The summed E-state index contributed by atoms with van der Waals surface area (Å²) in [6.07, 6.45) is 2.25. The lowest BCUT2D eigenvalue weighted by atomic mass is 10.2. The van der Waals surface area contributed by atoms with Crippen LogP contribution in [0.15, 0.2) is 5.03 Å². The molecule has 2 heterocycles. The predicted molar refractivity (Wildman–Crippen MR) is 65.5 cm³/mol. The van der Waals surface area contributed by atoms with Gasteiger partial charge in [-0.3, -0.25) is 4.68 Å². The molecule has 0 atom stereocenters. The zero-order chi connectivity index (χ0) is 11.5. The van der Waals surface area contributed by atoms with Gasteiger partial charge in [0.1, 0.15) is 0 Å². The molecule has 0 unspecified atom stereocenters. The van der Waals surface area contributed by atoms with Gasteiger partial charge >= 0.3 is 0 Å². The molecule has 2 rings (SSSR count). The largest absolute Gasteiger partial charge is 0.381 e. The van der Waals surface area contributed by atoms with Crippen LogP contribution >= 0.6 is 11.8 Å². The van der Waals surface area contributed by atoms with Crippen molar-refractivity contribution in [3.05, 3.63) is 11.3 Å². The first-order valence-electron chi connectivity index (χ1n) is 5.69. The summed E-state index contributed by atoms with van der Waals surface area (Å²) in [4.78, 5) is 0. The number of hydrogen-bond donors (Lipinski definition) is 1. The van der Waals surface area contributed by atoms with E-state index in [1.807, 2.05) is 30.4 Å². The molecular formula is C11H19N3OS. The van der Waals surface area contributed by atoms with Crippen molar-refractivity contribution in [1.29, 1.82) is 0 Å². The first-order valence-corrected chi connectivity index (χ1v) is 6.57. The Hall–Kier alpha value is -0.520. The van der Waals surface area contributed by atoms with Crippen LogP contribution in [0, 0.1) is 6.92 Å². The summed E-state index contributed by atoms with van der Waals surface area (Å²) in [6, 6.07) is 0. The second kappa shape index (κ2) is 5.21. The molecule has 16 heavy (non-hydrogen) atoms. The number of ether oxygens (including phenoxy) is 1. The normalized spacial score (nSPS) is 17.9. The molecule has 4 nitrogen and oxygen atoms in total. The van der Waals surface area contributed by atoms with E-state index in [0.717, 1.165) is 31.7 Å². The number of aromatic nitrogens is 2. The maximum Gasteiger partial charge on any atom is 0.0987 e. The lowest BCUT2D eigenvalue weighted by Crippen LogP contribution is -2.18. The summed E-state index contributed by atoms with van der Waals surface area (Å²) < 4.78 is 7.32. The van der Waals surface area contributed by atoms with Crippen LogP contribution in [-0.2, 0) is 18.3 Å². The van der Waals surface area contributed by atoms with Crippen molar-refractivity contribution in [2.24, 2.45) is 12.8 Å². The van der Waals surface area contributed by atoms with Gasteiger partial charge in [0.2, 0.25) is 0 Å². The number of nitrogens with zero attached hydrogens (tertiary/aromatic N) is 2. The van der Waals surface area contributed by atoms with Crippen molar-refractivity contribution < 1.29 is 4.74 Å². The van der Waals surface area contributed by atoms with Crippen LogP contribution in [-0.4, -0.2) is 28.2 Å². The summed E-state index contributed by atoms with van der Waals surface area (Å²) >= 11 is 1.90. The number of nitrogens with two attached hydrogens (primary N) is 1. The van der Waals surface area contributed by atoms with Gasteiger partial charge in [-0.05, 0) is 19.8 Å². The van der Waals surface area contributed by atoms with Crippen molar-refractivity contribution in [2.75, 3.05) is 13.2 Å². The van der Waals surface area contributed by atoms with Gasteiger partial charge in [-0.25, -0.2) is 0 Å². The van der Waals surface area contributed by atoms with Crippen molar-refractivity contribution in [3.63, 3.8) is 0 Å². The molecule has 0 amide bonds. The fourth-order valence-electron chi connectivity index (χ4n) is 2.01. The second-order valence-corrected chi connectivity index (χ2v) is 5.42. The fourth-order valence-corrected chi connectivity index (χ4v) is 3.33. The van der Waals surface area contributed by atoms with Crippen LogP contribution in [0.1, 0.15) is 24.1 Å². The third kappa shape index (κ3) is 2.42.